The van der Waals surface area contributed by atoms with Crippen LogP contribution in [-0.4, -0.2) is 57.2 Å². The number of Topliss-reactive ketones (excluding diaryl/α,β-unsaturated/α-hetero) is 1. The smallest absolute Gasteiger partial charge is 0.269 e. The third-order valence-corrected chi connectivity index (χ3v) is 2.98. The Kier molecular flexibility index (Phi) is 4.48. The number of benzene rings is 1. The highest BCUT2D eigenvalue weighted by atomic mass is 16.7. The molecule has 0 aromatic heterocycles. The molecular weight excluding hydrogens is 286 g/mol. The van der Waals surface area contributed by atoms with E-state index in [0.29, 0.717) is 0 Å². The van der Waals surface area contributed by atoms with Crippen LogP contribution in [0.25, 0.3) is 0 Å². The van der Waals surface area contributed by atoms with Gasteiger partial charge in [0.15, 0.2) is 11.9 Å². The highest BCUT2D eigenvalue weighted by molar-refractivity contribution is 5.88. The average molecular weight is 299 g/mol. The second-order valence-corrected chi connectivity index (χ2v) is 4.39. The third-order valence-electron chi connectivity index (χ3n) is 2.98. The monoisotopic (exact) mass is 299 g/mol. The van der Waals surface area contributed by atoms with Crippen LogP contribution >= 0.6 is 0 Å². The zero-order chi connectivity index (χ0) is 15.6. The van der Waals surface area contributed by atoms with Crippen molar-refractivity contribution in [1.29, 1.82) is 0 Å². The van der Waals surface area contributed by atoms with Crippen LogP contribution in [0.1, 0.15) is 0 Å². The summed E-state index contributed by atoms with van der Waals surface area (Å²) in [6.45, 7) is -0.625. The Bertz CT molecular complexity index is 531. The lowest BCUT2D eigenvalue weighted by molar-refractivity contribution is -0.384. The van der Waals surface area contributed by atoms with E-state index < -0.39 is 41.9 Å². The molecule has 0 bridgehead atoms. The molecule has 0 saturated carbocycles. The molecule has 1 aliphatic rings. The molecule has 9 heteroatoms. The number of aliphatic hydroxyl groups excluding tert-OH is 3. The fourth-order valence-corrected chi connectivity index (χ4v) is 1.83. The molecule has 3 N–H and O–H groups in total. The number of ketones is 1. The van der Waals surface area contributed by atoms with Crippen molar-refractivity contribution < 1.29 is 34.5 Å². The fraction of sp³-hybridized carbons (Fsp3) is 0.417. The maximum atomic E-state index is 11.6. The number of ether oxygens (including phenoxy) is 2. The lowest BCUT2D eigenvalue weighted by atomic mass is 10.0. The molecule has 1 fully saturated rings. The van der Waals surface area contributed by atoms with Crippen LogP contribution in [0.4, 0.5) is 5.69 Å². The number of hydrogen-bond donors (Lipinski definition) is 3. The van der Waals surface area contributed by atoms with Gasteiger partial charge in [0.1, 0.15) is 18.0 Å². The van der Waals surface area contributed by atoms with E-state index in [-0.39, 0.29) is 11.4 Å². The van der Waals surface area contributed by atoms with E-state index in [1.165, 1.54) is 24.3 Å². The lowest BCUT2D eigenvalue weighted by Gasteiger charge is -2.34. The van der Waals surface area contributed by atoms with Crippen LogP contribution < -0.4 is 4.74 Å². The molecule has 0 unspecified atom stereocenters. The van der Waals surface area contributed by atoms with Crippen LogP contribution in [0.15, 0.2) is 24.3 Å². The third kappa shape index (κ3) is 3.16. The van der Waals surface area contributed by atoms with E-state index in [1.807, 2.05) is 0 Å². The van der Waals surface area contributed by atoms with Crippen molar-refractivity contribution in [3.8, 4) is 5.75 Å². The van der Waals surface area contributed by atoms with Gasteiger partial charge >= 0.3 is 0 Å². The number of carbonyl (C=O) groups is 1. The Morgan fingerprint density at radius 2 is 1.86 bits per heavy atom. The summed E-state index contributed by atoms with van der Waals surface area (Å²) in [5.41, 5.74) is -0.146. The molecular formula is C12H13NO8. The van der Waals surface area contributed by atoms with Crippen LogP contribution in [0, 0.1) is 10.1 Å². The minimum atomic E-state index is -1.72. The van der Waals surface area contributed by atoms with Gasteiger partial charge in [-0.05, 0) is 12.1 Å². The minimum absolute atomic E-state index is 0.130. The quantitative estimate of drug-likeness (QED) is 0.474. The lowest BCUT2D eigenvalue weighted by Crippen LogP contribution is -2.57. The van der Waals surface area contributed by atoms with Gasteiger partial charge in [-0.3, -0.25) is 14.9 Å². The molecule has 1 aromatic carbocycles. The summed E-state index contributed by atoms with van der Waals surface area (Å²) in [5.74, 6) is -0.794. The van der Waals surface area contributed by atoms with E-state index in [0.717, 1.165) is 0 Å². The normalized spacial score (nSPS) is 29.2. The average Bonchev–Trinajstić information content (AvgIpc) is 2.48. The summed E-state index contributed by atoms with van der Waals surface area (Å²) in [6.07, 6.45) is -5.98. The highest BCUT2D eigenvalue weighted by Crippen LogP contribution is 2.23. The van der Waals surface area contributed by atoms with Crippen LogP contribution in [-0.2, 0) is 9.53 Å². The summed E-state index contributed by atoms with van der Waals surface area (Å²) < 4.78 is 10.3. The number of nitro groups is 1. The molecule has 4 atom stereocenters. The summed E-state index contributed by atoms with van der Waals surface area (Å²) in [6, 6.07) is 4.92. The number of nitro benzene ring substituents is 1. The van der Waals surface area contributed by atoms with Gasteiger partial charge in [-0.2, -0.15) is 0 Å². The van der Waals surface area contributed by atoms with E-state index >= 15 is 0 Å². The molecule has 1 aliphatic heterocycles. The maximum absolute atomic E-state index is 11.6. The van der Waals surface area contributed by atoms with Crippen molar-refractivity contribution >= 4 is 11.5 Å². The van der Waals surface area contributed by atoms with Gasteiger partial charge < -0.3 is 24.8 Å². The van der Waals surface area contributed by atoms with Crippen LogP contribution in [0.5, 0.6) is 5.75 Å². The highest BCUT2D eigenvalue weighted by Gasteiger charge is 2.44. The number of nitrogens with zero attached hydrogens (tertiary/aromatic N) is 1. The second kappa shape index (κ2) is 6.14. The molecule has 1 heterocycles. The summed E-state index contributed by atoms with van der Waals surface area (Å²) >= 11 is 0. The Balaban J connectivity index is 2.10. The first-order valence-corrected chi connectivity index (χ1v) is 6.01. The van der Waals surface area contributed by atoms with Crippen molar-refractivity contribution in [2.24, 2.45) is 0 Å². The predicted octanol–water partition coefficient (Wildman–Crippen LogP) is -1.02. The molecule has 0 amide bonds. The summed E-state index contributed by atoms with van der Waals surface area (Å²) in [7, 11) is 0. The van der Waals surface area contributed by atoms with E-state index in [4.69, 9.17) is 14.6 Å². The predicted molar refractivity (Wildman–Crippen MR) is 66.5 cm³/mol. The van der Waals surface area contributed by atoms with Crippen molar-refractivity contribution in [2.45, 2.75) is 24.6 Å². The summed E-state index contributed by atoms with van der Waals surface area (Å²) in [4.78, 5) is 21.5. The molecule has 0 aliphatic carbocycles. The Hall–Kier alpha value is -2.07. The van der Waals surface area contributed by atoms with Gasteiger partial charge in [0.05, 0.1) is 11.5 Å². The second-order valence-electron chi connectivity index (χ2n) is 4.39. The van der Waals surface area contributed by atoms with Crippen molar-refractivity contribution in [1.82, 2.24) is 0 Å². The first-order chi connectivity index (χ1) is 9.93. The zero-order valence-corrected chi connectivity index (χ0v) is 10.7. The first-order valence-electron chi connectivity index (χ1n) is 6.01. The molecule has 2 rings (SSSR count). The van der Waals surface area contributed by atoms with E-state index in [9.17, 15) is 25.1 Å². The number of aliphatic hydroxyl groups is 3. The van der Waals surface area contributed by atoms with Crippen molar-refractivity contribution in [3.05, 3.63) is 34.4 Å². The standard InChI is InChI=1S/C12H13NO8/c14-5-8-9(15)10(16)11(17)12(21-8)20-7-3-1-6(2-4-7)13(18)19/h1-4,8-9,11-12,14-15,17H,5H2/t8-,9-,11-,12+/m1/s1. The molecule has 0 spiro atoms. The number of carbonyl (C=O) groups excluding carboxylic acids is 1. The van der Waals surface area contributed by atoms with Gasteiger partial charge in [-0.15, -0.1) is 0 Å². The Labute approximate surface area is 118 Å². The zero-order valence-electron chi connectivity index (χ0n) is 10.7. The SMILES string of the molecule is O=C1[C@@H](O)[C@@H](Oc2ccc([N+](=O)[O-])cc2)O[C@H](CO)[C@H]1O. The molecule has 1 aromatic rings. The minimum Gasteiger partial charge on any atom is -0.462 e. The number of rotatable bonds is 4. The van der Waals surface area contributed by atoms with Crippen molar-refractivity contribution in [2.75, 3.05) is 6.61 Å². The number of hydrogen-bond acceptors (Lipinski definition) is 8. The van der Waals surface area contributed by atoms with E-state index in [1.54, 1.807) is 0 Å². The Morgan fingerprint density at radius 1 is 1.24 bits per heavy atom. The van der Waals surface area contributed by atoms with Crippen LogP contribution in [0.2, 0.25) is 0 Å². The number of non-ortho nitro benzene ring substituents is 1. The van der Waals surface area contributed by atoms with Crippen LogP contribution in [0.3, 0.4) is 0 Å². The first kappa shape index (κ1) is 15.3. The van der Waals surface area contributed by atoms with Gasteiger partial charge in [0.25, 0.3) is 5.69 Å². The van der Waals surface area contributed by atoms with Gasteiger partial charge in [0.2, 0.25) is 6.29 Å². The molecule has 1 saturated heterocycles. The van der Waals surface area contributed by atoms with Gasteiger partial charge in [-0.1, -0.05) is 0 Å². The van der Waals surface area contributed by atoms with Gasteiger partial charge in [0, 0.05) is 12.1 Å². The van der Waals surface area contributed by atoms with Gasteiger partial charge in [-0.25, -0.2) is 0 Å². The summed E-state index contributed by atoms with van der Waals surface area (Å²) in [5, 5.41) is 38.7. The Morgan fingerprint density at radius 3 is 2.38 bits per heavy atom. The molecule has 0 radical (unpaired) electrons. The molecule has 21 heavy (non-hydrogen) atoms. The molecule has 9 nitrogen and oxygen atoms in total. The van der Waals surface area contributed by atoms with E-state index in [2.05, 4.69) is 0 Å². The van der Waals surface area contributed by atoms with Crippen molar-refractivity contribution in [3.63, 3.8) is 0 Å². The fourth-order valence-electron chi connectivity index (χ4n) is 1.83. The molecule has 114 valence electrons. The maximum Gasteiger partial charge on any atom is 0.269 e. The topological polar surface area (TPSA) is 139 Å². The largest absolute Gasteiger partial charge is 0.462 e.